The van der Waals surface area contributed by atoms with Gasteiger partial charge in [-0.1, -0.05) is 0 Å². The summed E-state index contributed by atoms with van der Waals surface area (Å²) in [4.78, 5) is 23.3. The van der Waals surface area contributed by atoms with Gasteiger partial charge in [-0.05, 0) is 38.5 Å². The highest BCUT2D eigenvalue weighted by Crippen LogP contribution is 2.33. The second kappa shape index (κ2) is 5.04. The van der Waals surface area contributed by atoms with E-state index in [4.69, 9.17) is 4.74 Å². The molecule has 2 unspecified atom stereocenters. The predicted molar refractivity (Wildman–Crippen MR) is 62.3 cm³/mol. The molecule has 2 saturated carbocycles. The van der Waals surface area contributed by atoms with Gasteiger partial charge in [-0.15, -0.1) is 0 Å². The van der Waals surface area contributed by atoms with Gasteiger partial charge in [0.25, 0.3) is 0 Å². The molecule has 0 aliphatic heterocycles. The smallest absolute Gasteiger partial charge is 0.323 e. The van der Waals surface area contributed by atoms with Crippen LogP contribution in [0.3, 0.4) is 0 Å². The van der Waals surface area contributed by atoms with E-state index in [0.29, 0.717) is 12.0 Å². The average molecular weight is 240 g/mol. The molecule has 0 saturated heterocycles. The summed E-state index contributed by atoms with van der Waals surface area (Å²) in [5.74, 6) is 0.0410. The maximum Gasteiger partial charge on any atom is 0.323 e. The summed E-state index contributed by atoms with van der Waals surface area (Å²) < 4.78 is 4.75. The van der Waals surface area contributed by atoms with Gasteiger partial charge < -0.3 is 10.1 Å². The van der Waals surface area contributed by atoms with Gasteiger partial charge in [0.1, 0.15) is 6.04 Å². The number of methoxy groups -OCH3 is 1. The standard InChI is InChI=1S/C12H20N2O3/c1-7(11(15)14-9-5-6-9)13-10(8-3-4-8)12(16)17-2/h7-10,13H,3-6H2,1-2H3,(H,14,15). The quantitative estimate of drug-likeness (QED) is 0.651. The first-order chi connectivity index (χ1) is 8.11. The minimum atomic E-state index is -0.347. The van der Waals surface area contributed by atoms with Crippen LogP contribution in [0, 0.1) is 5.92 Å². The molecule has 0 heterocycles. The van der Waals surface area contributed by atoms with Gasteiger partial charge in [0.15, 0.2) is 0 Å². The Morgan fingerprint density at radius 3 is 2.35 bits per heavy atom. The van der Waals surface area contributed by atoms with E-state index in [1.807, 2.05) is 0 Å². The van der Waals surface area contributed by atoms with E-state index in [0.717, 1.165) is 25.7 Å². The molecular weight excluding hydrogens is 220 g/mol. The van der Waals surface area contributed by atoms with Crippen molar-refractivity contribution in [2.24, 2.45) is 5.92 Å². The lowest BCUT2D eigenvalue weighted by Gasteiger charge is -2.20. The lowest BCUT2D eigenvalue weighted by atomic mass is 10.1. The average Bonchev–Trinajstić information content (AvgIpc) is 3.15. The van der Waals surface area contributed by atoms with Gasteiger partial charge in [0.05, 0.1) is 13.2 Å². The van der Waals surface area contributed by atoms with Crippen molar-refractivity contribution in [2.45, 2.75) is 50.7 Å². The first-order valence-electron chi connectivity index (χ1n) is 6.26. The Hall–Kier alpha value is -1.10. The summed E-state index contributed by atoms with van der Waals surface area (Å²) in [6, 6.07) is -0.329. The number of nitrogens with one attached hydrogen (secondary N) is 2. The lowest BCUT2D eigenvalue weighted by molar-refractivity contribution is -0.144. The van der Waals surface area contributed by atoms with Crippen LogP contribution in [0.25, 0.3) is 0 Å². The van der Waals surface area contributed by atoms with Crippen LogP contribution in [0.5, 0.6) is 0 Å². The molecule has 0 spiro atoms. The summed E-state index contributed by atoms with van der Waals surface area (Å²) in [7, 11) is 1.38. The fraction of sp³-hybridized carbons (Fsp3) is 0.833. The van der Waals surface area contributed by atoms with Crippen molar-refractivity contribution in [2.75, 3.05) is 7.11 Å². The van der Waals surface area contributed by atoms with Crippen LogP contribution in [0.2, 0.25) is 0 Å². The SMILES string of the molecule is COC(=O)C(NC(C)C(=O)NC1CC1)C1CC1. The molecule has 0 bridgehead atoms. The molecule has 0 aromatic rings. The number of rotatable bonds is 6. The summed E-state index contributed by atoms with van der Waals surface area (Å²) in [6.07, 6.45) is 4.20. The van der Waals surface area contributed by atoms with Crippen LogP contribution in [0.1, 0.15) is 32.6 Å². The largest absolute Gasteiger partial charge is 0.468 e. The number of esters is 1. The first kappa shape index (κ1) is 12.4. The zero-order valence-electron chi connectivity index (χ0n) is 10.4. The monoisotopic (exact) mass is 240 g/mol. The second-order valence-electron chi connectivity index (χ2n) is 5.01. The van der Waals surface area contributed by atoms with Crippen molar-refractivity contribution < 1.29 is 14.3 Å². The van der Waals surface area contributed by atoms with E-state index in [9.17, 15) is 9.59 Å². The molecule has 2 aliphatic carbocycles. The number of carbonyl (C=O) groups is 2. The van der Waals surface area contributed by atoms with Gasteiger partial charge in [-0.25, -0.2) is 0 Å². The molecule has 17 heavy (non-hydrogen) atoms. The number of amides is 1. The van der Waals surface area contributed by atoms with E-state index >= 15 is 0 Å². The molecule has 0 radical (unpaired) electrons. The number of hydrogen-bond acceptors (Lipinski definition) is 4. The third-order valence-electron chi connectivity index (χ3n) is 3.30. The zero-order valence-corrected chi connectivity index (χ0v) is 10.4. The minimum absolute atomic E-state index is 0.0259. The van der Waals surface area contributed by atoms with E-state index in [1.165, 1.54) is 7.11 Å². The molecule has 2 N–H and O–H groups in total. The molecule has 2 atom stereocenters. The van der Waals surface area contributed by atoms with Crippen LogP contribution in [0.4, 0.5) is 0 Å². The van der Waals surface area contributed by atoms with Crippen LogP contribution in [-0.4, -0.2) is 37.1 Å². The number of carbonyl (C=O) groups excluding carboxylic acids is 2. The Morgan fingerprint density at radius 1 is 1.24 bits per heavy atom. The molecule has 0 aromatic carbocycles. The summed E-state index contributed by atoms with van der Waals surface area (Å²) in [5, 5.41) is 6.00. The van der Waals surface area contributed by atoms with Gasteiger partial charge in [-0.2, -0.15) is 0 Å². The molecule has 5 nitrogen and oxygen atoms in total. The van der Waals surface area contributed by atoms with E-state index in [1.54, 1.807) is 6.92 Å². The van der Waals surface area contributed by atoms with Crippen molar-refractivity contribution >= 4 is 11.9 Å². The summed E-state index contributed by atoms with van der Waals surface area (Å²) >= 11 is 0. The Kier molecular flexibility index (Phi) is 3.66. The first-order valence-corrected chi connectivity index (χ1v) is 6.26. The maximum atomic E-state index is 11.8. The van der Waals surface area contributed by atoms with Crippen LogP contribution in [-0.2, 0) is 14.3 Å². The predicted octanol–water partition coefficient (Wildman–Crippen LogP) is 0.195. The fourth-order valence-corrected chi connectivity index (χ4v) is 1.85. The topological polar surface area (TPSA) is 67.4 Å². The van der Waals surface area contributed by atoms with Crippen molar-refractivity contribution in [3.8, 4) is 0 Å². The Balaban J connectivity index is 1.83. The highest BCUT2D eigenvalue weighted by molar-refractivity contribution is 5.83. The highest BCUT2D eigenvalue weighted by Gasteiger charge is 2.38. The third kappa shape index (κ3) is 3.43. The molecule has 5 heteroatoms. The molecule has 2 rings (SSSR count). The van der Waals surface area contributed by atoms with E-state index < -0.39 is 0 Å². The Morgan fingerprint density at radius 2 is 1.88 bits per heavy atom. The molecule has 2 aliphatic rings. The molecule has 0 aromatic heterocycles. The molecule has 96 valence electrons. The molecule has 1 amide bonds. The molecule has 2 fully saturated rings. The van der Waals surface area contributed by atoms with E-state index in [2.05, 4.69) is 10.6 Å². The van der Waals surface area contributed by atoms with Crippen molar-refractivity contribution in [3.63, 3.8) is 0 Å². The van der Waals surface area contributed by atoms with E-state index in [-0.39, 0.29) is 24.0 Å². The third-order valence-corrected chi connectivity index (χ3v) is 3.30. The van der Waals surface area contributed by atoms with Crippen molar-refractivity contribution in [1.82, 2.24) is 10.6 Å². The maximum absolute atomic E-state index is 11.8. The summed E-state index contributed by atoms with van der Waals surface area (Å²) in [6.45, 7) is 1.79. The van der Waals surface area contributed by atoms with Gasteiger partial charge in [0.2, 0.25) is 5.91 Å². The van der Waals surface area contributed by atoms with Crippen LogP contribution in [0.15, 0.2) is 0 Å². The summed E-state index contributed by atoms with van der Waals surface area (Å²) in [5.41, 5.74) is 0. The minimum Gasteiger partial charge on any atom is -0.468 e. The second-order valence-corrected chi connectivity index (χ2v) is 5.01. The van der Waals surface area contributed by atoms with Crippen molar-refractivity contribution in [1.29, 1.82) is 0 Å². The number of ether oxygens (including phenoxy) is 1. The van der Waals surface area contributed by atoms with Gasteiger partial charge in [-0.3, -0.25) is 14.9 Å². The Labute approximate surface area is 101 Å². The number of hydrogen-bond donors (Lipinski definition) is 2. The van der Waals surface area contributed by atoms with Gasteiger partial charge >= 0.3 is 5.97 Å². The van der Waals surface area contributed by atoms with Crippen molar-refractivity contribution in [3.05, 3.63) is 0 Å². The Bertz CT molecular complexity index is 311. The normalized spacial score (nSPS) is 22.7. The molecular formula is C12H20N2O3. The fourth-order valence-electron chi connectivity index (χ4n) is 1.85. The zero-order chi connectivity index (χ0) is 12.4. The van der Waals surface area contributed by atoms with Crippen LogP contribution >= 0.6 is 0 Å². The van der Waals surface area contributed by atoms with Gasteiger partial charge in [0, 0.05) is 6.04 Å². The van der Waals surface area contributed by atoms with Crippen LogP contribution < -0.4 is 10.6 Å². The highest BCUT2D eigenvalue weighted by atomic mass is 16.5. The lowest BCUT2D eigenvalue weighted by Crippen LogP contribution is -2.51.